The summed E-state index contributed by atoms with van der Waals surface area (Å²) in [5.74, 6) is 0.290. The van der Waals surface area contributed by atoms with Crippen molar-refractivity contribution in [3.63, 3.8) is 0 Å². The molecule has 0 unspecified atom stereocenters. The molecule has 2 nitrogen and oxygen atoms in total. The molecule has 0 saturated heterocycles. The average Bonchev–Trinajstić information content (AvgIpc) is 3.51. The van der Waals surface area contributed by atoms with E-state index in [9.17, 15) is 5.11 Å². The van der Waals surface area contributed by atoms with E-state index < -0.39 is 5.41 Å². The number of phenols is 1. The number of benzene rings is 8. The molecule has 0 spiro atoms. The minimum absolute atomic E-state index is 0.290. The van der Waals surface area contributed by atoms with Crippen molar-refractivity contribution in [1.82, 2.24) is 0 Å². The molecule has 0 aromatic heterocycles. The van der Waals surface area contributed by atoms with Gasteiger partial charge in [-0.1, -0.05) is 170 Å². The molecule has 8 aromatic rings. The predicted molar refractivity (Wildman–Crippen MR) is 211 cm³/mol. The highest BCUT2D eigenvalue weighted by Gasteiger charge is 2.47. The molecule has 1 aliphatic carbocycles. The number of hydrogen-bond donors (Lipinski definition) is 1. The lowest BCUT2D eigenvalue weighted by molar-refractivity contribution is 0.477. The van der Waals surface area contributed by atoms with E-state index in [2.05, 4.69) is 199 Å². The van der Waals surface area contributed by atoms with E-state index in [0.717, 1.165) is 61.6 Å². The van der Waals surface area contributed by atoms with E-state index in [1.54, 1.807) is 6.07 Å². The zero-order chi connectivity index (χ0) is 34.2. The van der Waals surface area contributed by atoms with Gasteiger partial charge in [0.2, 0.25) is 0 Å². The molecule has 242 valence electrons. The standard InChI is InChI=1S/C49H35NO/c51-47-27-15-25-44-48(47)43-33-32-41(34-45(43)49(44,38-20-9-3-10-21-38)39-22-11-4-12-23-39)50(40-30-28-36(29-31-40)35-16-5-1-6-17-35)46-26-14-13-24-42(46)37-18-7-2-8-19-37/h1-34,51H. The van der Waals surface area contributed by atoms with Gasteiger partial charge in [-0.3, -0.25) is 0 Å². The van der Waals surface area contributed by atoms with E-state index in [4.69, 9.17) is 0 Å². The molecule has 1 N–H and O–H groups in total. The van der Waals surface area contributed by atoms with Crippen LogP contribution in [0.3, 0.4) is 0 Å². The minimum Gasteiger partial charge on any atom is -0.507 e. The Bertz CT molecular complexity index is 2420. The normalized spacial score (nSPS) is 12.5. The summed E-state index contributed by atoms with van der Waals surface area (Å²) in [5, 5.41) is 11.5. The molecule has 1 aliphatic rings. The zero-order valence-corrected chi connectivity index (χ0v) is 28.0. The van der Waals surface area contributed by atoms with Crippen molar-refractivity contribution in [2.24, 2.45) is 0 Å². The van der Waals surface area contributed by atoms with Gasteiger partial charge in [-0.2, -0.15) is 0 Å². The van der Waals surface area contributed by atoms with Crippen LogP contribution in [-0.2, 0) is 5.41 Å². The molecule has 0 bridgehead atoms. The summed E-state index contributed by atoms with van der Waals surface area (Å²) in [6.07, 6.45) is 0. The Kier molecular flexibility index (Phi) is 7.56. The largest absolute Gasteiger partial charge is 0.507 e. The van der Waals surface area contributed by atoms with Crippen LogP contribution in [0.4, 0.5) is 17.1 Å². The van der Waals surface area contributed by atoms with Gasteiger partial charge in [0.25, 0.3) is 0 Å². The van der Waals surface area contributed by atoms with E-state index in [-0.39, 0.29) is 5.75 Å². The highest BCUT2D eigenvalue weighted by molar-refractivity contribution is 5.94. The number of fused-ring (bicyclic) bond motifs is 3. The van der Waals surface area contributed by atoms with E-state index in [0.29, 0.717) is 0 Å². The van der Waals surface area contributed by atoms with Gasteiger partial charge in [0.05, 0.1) is 11.1 Å². The lowest BCUT2D eigenvalue weighted by Crippen LogP contribution is -2.28. The Balaban J connectivity index is 1.32. The third kappa shape index (κ3) is 5.04. The summed E-state index contributed by atoms with van der Waals surface area (Å²) in [4.78, 5) is 2.38. The Morgan fingerprint density at radius 1 is 0.373 bits per heavy atom. The molecule has 0 saturated carbocycles. The first-order valence-corrected chi connectivity index (χ1v) is 17.4. The average molecular weight is 654 g/mol. The lowest BCUT2D eigenvalue weighted by atomic mass is 9.67. The second kappa shape index (κ2) is 12.7. The van der Waals surface area contributed by atoms with Gasteiger partial charge in [0, 0.05) is 22.5 Å². The number of hydrogen-bond acceptors (Lipinski definition) is 2. The van der Waals surface area contributed by atoms with Crippen molar-refractivity contribution in [2.75, 3.05) is 4.90 Å². The van der Waals surface area contributed by atoms with Crippen LogP contribution in [0.25, 0.3) is 33.4 Å². The van der Waals surface area contributed by atoms with Crippen LogP contribution < -0.4 is 4.90 Å². The molecule has 0 aliphatic heterocycles. The summed E-state index contributed by atoms with van der Waals surface area (Å²) in [7, 11) is 0. The molecule has 0 radical (unpaired) electrons. The molecule has 0 heterocycles. The maximum atomic E-state index is 11.5. The number of aromatic hydroxyl groups is 1. The van der Waals surface area contributed by atoms with Crippen LogP contribution in [0.2, 0.25) is 0 Å². The summed E-state index contributed by atoms with van der Waals surface area (Å²) in [5.41, 5.74) is 13.6. The first kappa shape index (κ1) is 30.4. The number of anilines is 3. The number of phenolic OH excluding ortho intramolecular Hbond substituents is 1. The van der Waals surface area contributed by atoms with Gasteiger partial charge in [0.1, 0.15) is 5.75 Å². The molecule has 0 amide bonds. The first-order valence-electron chi connectivity index (χ1n) is 17.4. The van der Waals surface area contributed by atoms with Crippen LogP contribution in [0, 0.1) is 0 Å². The fraction of sp³-hybridized carbons (Fsp3) is 0.0204. The van der Waals surface area contributed by atoms with Crippen molar-refractivity contribution in [1.29, 1.82) is 0 Å². The van der Waals surface area contributed by atoms with Crippen molar-refractivity contribution in [3.8, 4) is 39.1 Å². The molecule has 8 aromatic carbocycles. The highest BCUT2D eigenvalue weighted by atomic mass is 16.3. The van der Waals surface area contributed by atoms with Crippen molar-refractivity contribution in [2.45, 2.75) is 5.41 Å². The topological polar surface area (TPSA) is 23.5 Å². The fourth-order valence-electron chi connectivity index (χ4n) is 8.04. The van der Waals surface area contributed by atoms with Gasteiger partial charge >= 0.3 is 0 Å². The van der Waals surface area contributed by atoms with Gasteiger partial charge < -0.3 is 10.0 Å². The third-order valence-corrected chi connectivity index (χ3v) is 10.3. The van der Waals surface area contributed by atoms with Gasteiger partial charge in [0.15, 0.2) is 0 Å². The number of rotatable bonds is 7. The van der Waals surface area contributed by atoms with Crippen molar-refractivity contribution >= 4 is 17.1 Å². The second-order valence-corrected chi connectivity index (χ2v) is 13.0. The van der Waals surface area contributed by atoms with Crippen molar-refractivity contribution < 1.29 is 5.11 Å². The second-order valence-electron chi connectivity index (χ2n) is 13.0. The summed E-state index contributed by atoms with van der Waals surface area (Å²) in [6, 6.07) is 72.8. The van der Waals surface area contributed by atoms with Crippen LogP contribution in [-0.4, -0.2) is 5.11 Å². The number of para-hydroxylation sites is 1. The molecular formula is C49H35NO. The Morgan fingerprint density at radius 3 is 1.55 bits per heavy atom. The molecule has 9 rings (SSSR count). The zero-order valence-electron chi connectivity index (χ0n) is 28.0. The van der Waals surface area contributed by atoms with Crippen LogP contribution in [0.15, 0.2) is 206 Å². The van der Waals surface area contributed by atoms with E-state index >= 15 is 0 Å². The maximum absolute atomic E-state index is 11.5. The molecule has 2 heteroatoms. The maximum Gasteiger partial charge on any atom is 0.123 e. The molecule has 0 atom stereocenters. The first-order chi connectivity index (χ1) is 25.2. The third-order valence-electron chi connectivity index (χ3n) is 10.3. The van der Waals surface area contributed by atoms with Crippen molar-refractivity contribution in [3.05, 3.63) is 229 Å². The summed E-state index contributed by atoms with van der Waals surface area (Å²) >= 11 is 0. The lowest BCUT2D eigenvalue weighted by Gasteiger charge is -2.35. The molecule has 0 fully saturated rings. The monoisotopic (exact) mass is 653 g/mol. The van der Waals surface area contributed by atoms with Crippen LogP contribution in [0.1, 0.15) is 22.3 Å². The van der Waals surface area contributed by atoms with Gasteiger partial charge in [-0.15, -0.1) is 0 Å². The SMILES string of the molecule is Oc1cccc2c1-c1ccc(N(c3ccc(-c4ccccc4)cc3)c3ccccc3-c3ccccc3)cc1C2(c1ccccc1)c1ccccc1. The summed E-state index contributed by atoms with van der Waals surface area (Å²) in [6.45, 7) is 0. The Morgan fingerprint density at radius 2 is 0.902 bits per heavy atom. The fourth-order valence-corrected chi connectivity index (χ4v) is 8.04. The quantitative estimate of drug-likeness (QED) is 0.185. The van der Waals surface area contributed by atoms with Crippen LogP contribution in [0.5, 0.6) is 5.75 Å². The highest BCUT2D eigenvalue weighted by Crippen LogP contribution is 2.59. The van der Waals surface area contributed by atoms with E-state index in [1.807, 2.05) is 6.07 Å². The number of nitrogens with zero attached hydrogens (tertiary/aromatic N) is 1. The van der Waals surface area contributed by atoms with Gasteiger partial charge in [-0.05, 0) is 80.9 Å². The molecule has 51 heavy (non-hydrogen) atoms. The van der Waals surface area contributed by atoms with Gasteiger partial charge in [-0.25, -0.2) is 0 Å². The minimum atomic E-state index is -0.649. The van der Waals surface area contributed by atoms with E-state index in [1.165, 1.54) is 11.1 Å². The predicted octanol–water partition coefficient (Wildman–Crippen LogP) is 12.6. The smallest absolute Gasteiger partial charge is 0.123 e. The Labute approximate surface area is 299 Å². The van der Waals surface area contributed by atoms with Crippen LogP contribution >= 0.6 is 0 Å². The Hall–Kier alpha value is -6.64. The molecular weight excluding hydrogens is 619 g/mol. The summed E-state index contributed by atoms with van der Waals surface area (Å²) < 4.78 is 0.